The molecule has 442 valence electrons. The molecule has 3 aliphatic rings. The second-order valence-corrected chi connectivity index (χ2v) is 21.3. The van der Waals surface area contributed by atoms with Gasteiger partial charge in [-0.1, -0.05) is 87.4 Å². The smallest absolute Gasteiger partial charge is 0.251 e. The van der Waals surface area contributed by atoms with E-state index in [9.17, 15) is 79.5 Å². The van der Waals surface area contributed by atoms with Crippen LogP contribution in [0.1, 0.15) is 81.8 Å². The maximum Gasteiger partial charge on any atom is 0.251 e. The molecule has 7 amide bonds. The van der Waals surface area contributed by atoms with Gasteiger partial charge in [0.1, 0.15) is 66.1 Å². The molecule has 15 atom stereocenters. The first kappa shape index (κ1) is 62.1. The molecular weight excluding hydrogens is 1070 g/mol. The van der Waals surface area contributed by atoms with Crippen molar-refractivity contribution in [1.82, 2.24) is 36.4 Å². The number of benzene rings is 4. The number of amides is 7. The van der Waals surface area contributed by atoms with Crippen LogP contribution in [0, 0.1) is 5.92 Å². The minimum atomic E-state index is -2.29. The minimum Gasteiger partial charge on any atom is -0.508 e. The summed E-state index contributed by atoms with van der Waals surface area (Å²) >= 11 is 0. The van der Waals surface area contributed by atoms with Crippen molar-refractivity contribution in [3.8, 4) is 33.8 Å². The van der Waals surface area contributed by atoms with Gasteiger partial charge in [-0.2, -0.15) is 0 Å². The summed E-state index contributed by atoms with van der Waals surface area (Å²) in [5.41, 5.74) is 3.37. The highest BCUT2D eigenvalue weighted by Crippen LogP contribution is 2.30. The number of hydrogen-bond donors (Lipinski definition) is 14. The Kier molecular flexibility index (Phi) is 20.8. The van der Waals surface area contributed by atoms with Gasteiger partial charge in [0.25, 0.3) is 5.91 Å². The highest BCUT2D eigenvalue weighted by molar-refractivity contribution is 6.00. The highest BCUT2D eigenvalue weighted by atomic mass is 16.5. The number of hydrogen-bond acceptors (Lipinski definition) is 17. The summed E-state index contributed by atoms with van der Waals surface area (Å²) in [6, 6.07) is 14.7. The normalized spacial score (nSPS) is 27.5. The molecule has 4 aromatic carbocycles. The van der Waals surface area contributed by atoms with Crippen LogP contribution in [0.25, 0.3) is 22.3 Å². The van der Waals surface area contributed by atoms with Crippen LogP contribution in [0.4, 0.5) is 0 Å². The molecule has 14 N–H and O–H groups in total. The molecule has 4 aromatic rings. The van der Waals surface area contributed by atoms with Gasteiger partial charge in [0, 0.05) is 37.4 Å². The number of aliphatic hydroxyl groups is 8. The summed E-state index contributed by atoms with van der Waals surface area (Å²) in [5, 5.41) is 111. The lowest BCUT2D eigenvalue weighted by atomic mass is 9.96. The first-order valence-corrected chi connectivity index (χ1v) is 27.3. The Hall–Kier alpha value is -7.55. The second kappa shape index (κ2) is 27.5. The topological polar surface area (TPSA) is 377 Å². The van der Waals surface area contributed by atoms with Crippen molar-refractivity contribution in [1.29, 1.82) is 0 Å². The van der Waals surface area contributed by atoms with E-state index in [2.05, 4.69) is 33.5 Å². The Morgan fingerprint density at radius 2 is 1.16 bits per heavy atom. The monoisotopic (exact) mass is 1140 g/mol. The standard InChI is InChI=1S/C58H73N7O17/c1-5-6-7-24-82-40-22-18-35(19-23-40)33-10-8-32(9-11-33)34-12-14-37(15-13-34)51(74)59-41-26-43(70)54(77)63-56(79)47-48(71)29(2)27-65(47)58(81)45(31(4)67)61-55(78)46(50(73)49(72)36-16-20-38(68)21-17-36)62-53(76)42-25-39(69)28-64(42)57(80)44(30(3)66)60-52(41)75/h8-23,29-31,39,41-50,54,66-73,77H,5-7,24-28H2,1-4H3,(H,59,74)(H,60,75)(H,61,78)(H,62,76)(H,63,79)/t29-,30+,31+,39-,41+,42+,43-,44+,45+,46+,47+,48+,49-,50+,54+/m1/s1. The number of phenols is 1. The predicted octanol–water partition coefficient (Wildman–Crippen LogP) is -0.927. The fraction of sp³-hybridized carbons (Fsp3) is 0.466. The van der Waals surface area contributed by atoms with E-state index in [1.54, 1.807) is 12.1 Å². The summed E-state index contributed by atoms with van der Waals surface area (Å²) in [6.45, 7) is 5.47. The molecular formula is C58H73N7O17. The Balaban J connectivity index is 1.18. The van der Waals surface area contributed by atoms with Crippen molar-refractivity contribution >= 4 is 41.4 Å². The zero-order valence-corrected chi connectivity index (χ0v) is 45.7. The number of rotatable bonds is 14. The van der Waals surface area contributed by atoms with Gasteiger partial charge in [0.2, 0.25) is 35.4 Å². The average molecular weight is 1140 g/mol. The molecule has 3 heterocycles. The van der Waals surface area contributed by atoms with Crippen LogP contribution in [-0.2, 0) is 28.8 Å². The molecule has 0 radical (unpaired) electrons. The van der Waals surface area contributed by atoms with E-state index in [-0.39, 0.29) is 23.4 Å². The first-order chi connectivity index (χ1) is 39.0. The number of nitrogens with one attached hydrogen (secondary N) is 5. The van der Waals surface area contributed by atoms with Crippen LogP contribution in [0.2, 0.25) is 0 Å². The Morgan fingerprint density at radius 1 is 0.634 bits per heavy atom. The van der Waals surface area contributed by atoms with Crippen LogP contribution in [-0.4, -0.2) is 196 Å². The van der Waals surface area contributed by atoms with E-state index in [0.717, 1.165) is 77.5 Å². The average Bonchev–Trinajstić information content (AvgIpc) is 4.06. The van der Waals surface area contributed by atoms with Crippen LogP contribution < -0.4 is 31.3 Å². The Morgan fingerprint density at radius 3 is 1.72 bits per heavy atom. The molecule has 82 heavy (non-hydrogen) atoms. The zero-order chi connectivity index (χ0) is 59.7. The third-order valence-electron chi connectivity index (χ3n) is 15.0. The van der Waals surface area contributed by atoms with Crippen LogP contribution >= 0.6 is 0 Å². The van der Waals surface area contributed by atoms with Gasteiger partial charge in [-0.15, -0.1) is 0 Å². The molecule has 0 aliphatic carbocycles. The molecule has 0 spiro atoms. The molecule has 3 aliphatic heterocycles. The number of carbonyl (C=O) groups is 7. The Bertz CT molecular complexity index is 2880. The fourth-order valence-corrected chi connectivity index (χ4v) is 10.2. The van der Waals surface area contributed by atoms with Crippen molar-refractivity contribution in [2.75, 3.05) is 19.7 Å². The highest BCUT2D eigenvalue weighted by Gasteiger charge is 2.50. The Labute approximate surface area is 473 Å². The lowest BCUT2D eigenvalue weighted by Gasteiger charge is -2.34. The summed E-state index contributed by atoms with van der Waals surface area (Å²) in [6.07, 6.45) is -13.6. The van der Waals surface area contributed by atoms with Gasteiger partial charge in [0.05, 0.1) is 31.0 Å². The SMILES string of the molecule is CCCCCOc1ccc(-c2ccc(-c3ccc(C(=O)N[C@H]4C[C@@H](O)[C@H](O)NC(=O)[C@@H]5[C@@H](O)[C@H](C)CN5C(=O)[C@H]([C@H](C)O)NC(=O)[C@H]([C@H](O)[C@H](O)c5ccc(O)cc5)NC(=O)[C@@H]5C[C@@H](O)CN5C(=O)[C@H]([C@H](C)O)NC4=O)cc3)cc2)cc1. The second-order valence-electron chi connectivity index (χ2n) is 21.3. The zero-order valence-electron chi connectivity index (χ0n) is 45.7. The van der Waals surface area contributed by atoms with Gasteiger partial charge in [-0.05, 0) is 84.5 Å². The van der Waals surface area contributed by atoms with Crippen LogP contribution in [0.15, 0.2) is 97.1 Å². The lowest BCUT2D eigenvalue weighted by molar-refractivity contribution is -0.148. The fourth-order valence-electron chi connectivity index (χ4n) is 10.2. The molecule has 0 aromatic heterocycles. The van der Waals surface area contributed by atoms with Crippen LogP contribution in [0.3, 0.4) is 0 Å². The summed E-state index contributed by atoms with van der Waals surface area (Å²) in [4.78, 5) is 102. The van der Waals surface area contributed by atoms with E-state index in [1.807, 2.05) is 48.5 Å². The van der Waals surface area contributed by atoms with Gasteiger partial charge in [-0.25, -0.2) is 0 Å². The number of aromatic hydroxyl groups is 1. The predicted molar refractivity (Wildman–Crippen MR) is 293 cm³/mol. The molecule has 3 saturated heterocycles. The number of aliphatic hydroxyl groups excluding tert-OH is 8. The van der Waals surface area contributed by atoms with Crippen molar-refractivity contribution in [2.45, 2.75) is 145 Å². The third kappa shape index (κ3) is 14.7. The maximum absolute atomic E-state index is 14.5. The number of ether oxygens (including phenoxy) is 1. The van der Waals surface area contributed by atoms with E-state index in [1.165, 1.54) is 31.2 Å². The number of carbonyl (C=O) groups excluding carboxylic acids is 7. The quantitative estimate of drug-likeness (QED) is 0.0679. The summed E-state index contributed by atoms with van der Waals surface area (Å²) in [7, 11) is 0. The summed E-state index contributed by atoms with van der Waals surface area (Å²) < 4.78 is 5.84. The van der Waals surface area contributed by atoms with Gasteiger partial charge < -0.3 is 87.1 Å². The number of nitrogens with zero attached hydrogens (tertiary/aromatic N) is 2. The number of fused-ring (bicyclic) bond motifs is 2. The van der Waals surface area contributed by atoms with E-state index in [4.69, 9.17) is 4.74 Å². The number of phenolic OH excluding ortho intramolecular Hbond substituents is 1. The summed E-state index contributed by atoms with van der Waals surface area (Å²) in [5.74, 6) is -8.67. The van der Waals surface area contributed by atoms with Crippen LogP contribution in [0.5, 0.6) is 11.5 Å². The van der Waals surface area contributed by atoms with Crippen molar-refractivity contribution in [3.63, 3.8) is 0 Å². The van der Waals surface area contributed by atoms with Crippen molar-refractivity contribution < 1.29 is 84.3 Å². The maximum atomic E-state index is 14.5. The largest absolute Gasteiger partial charge is 0.508 e. The first-order valence-electron chi connectivity index (χ1n) is 27.3. The third-order valence-corrected chi connectivity index (χ3v) is 15.0. The van der Waals surface area contributed by atoms with E-state index in [0.29, 0.717) is 12.2 Å². The number of unbranched alkanes of at least 4 members (excludes halogenated alkanes) is 2. The molecule has 7 rings (SSSR count). The van der Waals surface area contributed by atoms with E-state index >= 15 is 0 Å². The molecule has 3 fully saturated rings. The lowest BCUT2D eigenvalue weighted by Crippen LogP contribution is -2.64. The molecule has 0 bridgehead atoms. The minimum absolute atomic E-state index is 0.00973. The van der Waals surface area contributed by atoms with Gasteiger partial charge in [-0.3, -0.25) is 33.6 Å². The van der Waals surface area contributed by atoms with E-state index < -0.39 is 152 Å². The van der Waals surface area contributed by atoms with Crippen molar-refractivity contribution in [3.05, 3.63) is 108 Å². The van der Waals surface area contributed by atoms with Crippen molar-refractivity contribution in [2.24, 2.45) is 5.92 Å². The van der Waals surface area contributed by atoms with Gasteiger partial charge >= 0.3 is 0 Å². The molecule has 0 saturated carbocycles. The molecule has 0 unspecified atom stereocenters. The molecule has 24 nitrogen and oxygen atoms in total. The molecule has 24 heteroatoms. The van der Waals surface area contributed by atoms with Gasteiger partial charge in [0.15, 0.2) is 6.23 Å².